The van der Waals surface area contributed by atoms with Gasteiger partial charge in [0.15, 0.2) is 5.13 Å². The summed E-state index contributed by atoms with van der Waals surface area (Å²) in [5.74, 6) is -0.617. The largest absolute Gasteiger partial charge is 0.325 e. The van der Waals surface area contributed by atoms with Crippen LogP contribution in [0.5, 0.6) is 0 Å². The number of halogens is 1. The van der Waals surface area contributed by atoms with Gasteiger partial charge in [0.25, 0.3) is 5.91 Å². The van der Waals surface area contributed by atoms with Crippen LogP contribution < -0.4 is 10.6 Å². The molecule has 1 aromatic carbocycles. The molecule has 26 heavy (non-hydrogen) atoms. The van der Waals surface area contributed by atoms with Crippen molar-refractivity contribution < 1.29 is 9.59 Å². The number of thiazole rings is 1. The molecule has 0 aliphatic carbocycles. The van der Waals surface area contributed by atoms with Crippen molar-refractivity contribution in [3.63, 3.8) is 0 Å². The Balaban J connectivity index is 1.60. The van der Waals surface area contributed by atoms with Crippen LogP contribution in [0.1, 0.15) is 21.9 Å². The van der Waals surface area contributed by atoms with E-state index in [0.29, 0.717) is 21.5 Å². The molecule has 0 spiro atoms. The molecule has 0 saturated carbocycles. The Morgan fingerprint density at radius 2 is 1.96 bits per heavy atom. The number of hydrogen-bond acceptors (Lipinski definition) is 6. The van der Waals surface area contributed by atoms with Gasteiger partial charge in [-0.1, -0.05) is 17.7 Å². The van der Waals surface area contributed by atoms with Crippen molar-refractivity contribution in [3.8, 4) is 0 Å². The lowest BCUT2D eigenvalue weighted by atomic mass is 10.2. The lowest BCUT2D eigenvalue weighted by Crippen LogP contribution is -2.16. The maximum Gasteiger partial charge on any atom is 0.295 e. The number of benzene rings is 1. The molecule has 3 aromatic rings. The molecule has 3 rings (SSSR count). The standard InChI is InChI=1S/C17H14ClN5O2S/c1-10-3-4-11(18)7-13(10)22-14(24)8-12-9-26-17(21-12)23-16(25)15-19-5-2-6-20-15/h2-7,9H,8H2,1H3,(H,22,24)(H,21,23,25). The number of nitrogens with zero attached hydrogens (tertiary/aromatic N) is 3. The van der Waals surface area contributed by atoms with Gasteiger partial charge in [-0.05, 0) is 30.7 Å². The molecule has 0 bridgehead atoms. The summed E-state index contributed by atoms with van der Waals surface area (Å²) < 4.78 is 0. The van der Waals surface area contributed by atoms with Crippen LogP contribution in [0.2, 0.25) is 5.02 Å². The summed E-state index contributed by atoms with van der Waals surface area (Å²) in [5.41, 5.74) is 2.13. The first kappa shape index (κ1) is 18.0. The molecule has 0 saturated heterocycles. The first-order valence-corrected chi connectivity index (χ1v) is 8.86. The zero-order valence-electron chi connectivity index (χ0n) is 13.7. The highest BCUT2D eigenvalue weighted by molar-refractivity contribution is 7.14. The molecule has 132 valence electrons. The Hall–Kier alpha value is -2.84. The van der Waals surface area contributed by atoms with E-state index in [2.05, 4.69) is 25.6 Å². The minimum Gasteiger partial charge on any atom is -0.325 e. The number of carbonyl (C=O) groups is 2. The summed E-state index contributed by atoms with van der Waals surface area (Å²) in [7, 11) is 0. The van der Waals surface area contributed by atoms with Crippen LogP contribution in [0.3, 0.4) is 0 Å². The van der Waals surface area contributed by atoms with E-state index in [1.54, 1.807) is 23.6 Å². The fraction of sp³-hybridized carbons (Fsp3) is 0.118. The molecule has 0 fully saturated rings. The molecule has 2 amide bonds. The van der Waals surface area contributed by atoms with Gasteiger partial charge in [0.1, 0.15) is 0 Å². The predicted octanol–water partition coefficient (Wildman–Crippen LogP) is 3.33. The van der Waals surface area contributed by atoms with Crippen molar-refractivity contribution in [2.75, 3.05) is 10.6 Å². The molecule has 7 nitrogen and oxygen atoms in total. The highest BCUT2D eigenvalue weighted by atomic mass is 35.5. The van der Waals surface area contributed by atoms with Crippen molar-refractivity contribution >= 4 is 45.6 Å². The first-order chi connectivity index (χ1) is 12.5. The number of rotatable bonds is 5. The van der Waals surface area contributed by atoms with Gasteiger partial charge in [-0.3, -0.25) is 14.9 Å². The third kappa shape index (κ3) is 4.62. The molecule has 2 aromatic heterocycles. The van der Waals surface area contributed by atoms with Crippen LogP contribution in [0.4, 0.5) is 10.8 Å². The molecule has 0 radical (unpaired) electrons. The summed E-state index contributed by atoms with van der Waals surface area (Å²) in [6.07, 6.45) is 3.05. The lowest BCUT2D eigenvalue weighted by molar-refractivity contribution is -0.115. The van der Waals surface area contributed by atoms with Crippen LogP contribution >= 0.6 is 22.9 Å². The summed E-state index contributed by atoms with van der Waals surface area (Å²) >= 11 is 7.18. The highest BCUT2D eigenvalue weighted by Gasteiger charge is 2.13. The SMILES string of the molecule is Cc1ccc(Cl)cc1NC(=O)Cc1csc(NC(=O)c2ncccn2)n1. The maximum atomic E-state index is 12.2. The van der Waals surface area contributed by atoms with Gasteiger partial charge >= 0.3 is 0 Å². The summed E-state index contributed by atoms with van der Waals surface area (Å²) in [4.78, 5) is 36.2. The van der Waals surface area contributed by atoms with Gasteiger partial charge in [0, 0.05) is 28.5 Å². The monoisotopic (exact) mass is 387 g/mol. The smallest absolute Gasteiger partial charge is 0.295 e. The van der Waals surface area contributed by atoms with E-state index in [1.165, 1.54) is 23.7 Å². The van der Waals surface area contributed by atoms with Crippen molar-refractivity contribution in [3.05, 3.63) is 64.1 Å². The molecule has 0 atom stereocenters. The summed E-state index contributed by atoms with van der Waals surface area (Å²) in [6.45, 7) is 1.88. The van der Waals surface area contributed by atoms with Gasteiger partial charge in [0.2, 0.25) is 11.7 Å². The van der Waals surface area contributed by atoms with Crippen molar-refractivity contribution in [2.24, 2.45) is 0 Å². The average Bonchev–Trinajstić information content (AvgIpc) is 3.05. The second-order valence-electron chi connectivity index (χ2n) is 5.35. The minimum absolute atomic E-state index is 0.0541. The minimum atomic E-state index is -0.453. The second-order valence-corrected chi connectivity index (χ2v) is 6.65. The number of amides is 2. The molecule has 9 heteroatoms. The molecule has 0 unspecified atom stereocenters. The van der Waals surface area contributed by atoms with E-state index in [-0.39, 0.29) is 18.2 Å². The lowest BCUT2D eigenvalue weighted by Gasteiger charge is -2.08. The molecule has 2 heterocycles. The van der Waals surface area contributed by atoms with Gasteiger partial charge in [-0.15, -0.1) is 11.3 Å². The zero-order chi connectivity index (χ0) is 18.5. The third-order valence-corrected chi connectivity index (χ3v) is 4.40. The Bertz CT molecular complexity index is 945. The molecular weight excluding hydrogens is 374 g/mol. The van der Waals surface area contributed by atoms with Crippen LogP contribution in [-0.2, 0) is 11.2 Å². The number of nitrogens with one attached hydrogen (secondary N) is 2. The van der Waals surface area contributed by atoms with Crippen LogP contribution in [0.15, 0.2) is 42.0 Å². The third-order valence-electron chi connectivity index (χ3n) is 3.36. The normalized spacial score (nSPS) is 10.4. The number of carbonyl (C=O) groups excluding carboxylic acids is 2. The maximum absolute atomic E-state index is 12.2. The van der Waals surface area contributed by atoms with Crippen molar-refractivity contribution in [1.29, 1.82) is 0 Å². The Morgan fingerprint density at radius 1 is 1.19 bits per heavy atom. The predicted molar refractivity (Wildman–Crippen MR) is 101 cm³/mol. The zero-order valence-corrected chi connectivity index (χ0v) is 15.3. The highest BCUT2D eigenvalue weighted by Crippen LogP contribution is 2.21. The van der Waals surface area contributed by atoms with Gasteiger partial charge in [-0.2, -0.15) is 0 Å². The van der Waals surface area contributed by atoms with Gasteiger partial charge < -0.3 is 5.32 Å². The molecular formula is C17H14ClN5O2S. The number of aromatic nitrogens is 3. The van der Waals surface area contributed by atoms with E-state index in [0.717, 1.165) is 5.56 Å². The number of hydrogen-bond donors (Lipinski definition) is 2. The van der Waals surface area contributed by atoms with E-state index >= 15 is 0 Å². The Labute approximate surface area is 158 Å². The van der Waals surface area contributed by atoms with Crippen molar-refractivity contribution in [2.45, 2.75) is 13.3 Å². The number of aryl methyl sites for hydroxylation is 1. The Kier molecular flexibility index (Phi) is 5.55. The fourth-order valence-corrected chi connectivity index (χ4v) is 2.98. The van der Waals surface area contributed by atoms with Crippen LogP contribution in [-0.4, -0.2) is 26.8 Å². The van der Waals surface area contributed by atoms with E-state index in [1.807, 2.05) is 13.0 Å². The molecule has 0 aliphatic rings. The fourth-order valence-electron chi connectivity index (χ4n) is 2.10. The first-order valence-electron chi connectivity index (χ1n) is 7.60. The molecule has 0 aliphatic heterocycles. The van der Waals surface area contributed by atoms with Gasteiger partial charge in [0.05, 0.1) is 12.1 Å². The van der Waals surface area contributed by atoms with E-state index < -0.39 is 5.91 Å². The topological polar surface area (TPSA) is 96.9 Å². The summed E-state index contributed by atoms with van der Waals surface area (Å²) in [5, 5.41) is 8.06. The van der Waals surface area contributed by atoms with Crippen LogP contribution in [0.25, 0.3) is 0 Å². The summed E-state index contributed by atoms with van der Waals surface area (Å²) in [6, 6.07) is 6.92. The van der Waals surface area contributed by atoms with Crippen LogP contribution in [0, 0.1) is 6.92 Å². The average molecular weight is 388 g/mol. The Morgan fingerprint density at radius 3 is 2.73 bits per heavy atom. The van der Waals surface area contributed by atoms with Crippen molar-refractivity contribution in [1.82, 2.24) is 15.0 Å². The quantitative estimate of drug-likeness (QED) is 0.699. The number of anilines is 2. The van der Waals surface area contributed by atoms with E-state index in [9.17, 15) is 9.59 Å². The van der Waals surface area contributed by atoms with E-state index in [4.69, 9.17) is 11.6 Å². The second kappa shape index (κ2) is 8.03. The molecule has 2 N–H and O–H groups in total. The van der Waals surface area contributed by atoms with Gasteiger partial charge in [-0.25, -0.2) is 15.0 Å².